The fraction of sp³-hybridized carbons (Fsp3) is 0.391. The van der Waals surface area contributed by atoms with Crippen molar-refractivity contribution in [1.29, 1.82) is 0 Å². The predicted octanol–water partition coefficient (Wildman–Crippen LogP) is 4.83. The molecule has 0 radical (unpaired) electrons. The molecule has 2 aromatic rings. The first-order valence-electron chi connectivity index (χ1n) is 9.55. The van der Waals surface area contributed by atoms with Gasteiger partial charge in [0.2, 0.25) is 0 Å². The maximum Gasteiger partial charge on any atom is 0.345 e. The number of carbonyl (C=O) groups excluding carboxylic acids is 2. The molecule has 7 nitrogen and oxygen atoms in total. The van der Waals surface area contributed by atoms with E-state index >= 15 is 0 Å². The smallest absolute Gasteiger partial charge is 0.345 e. The van der Waals surface area contributed by atoms with Gasteiger partial charge >= 0.3 is 5.97 Å². The van der Waals surface area contributed by atoms with E-state index in [1.165, 1.54) is 20.3 Å². The molecule has 162 valence electrons. The SMILES string of the molecule is COC(=O)c1c(Oc2c(O)cc(C)cc2C=O)ccc(C(CC(C)C)OC)c1OC. The lowest BCUT2D eigenvalue weighted by atomic mass is 9.96. The molecular weight excluding hydrogens is 388 g/mol. The largest absolute Gasteiger partial charge is 0.504 e. The van der Waals surface area contributed by atoms with Gasteiger partial charge in [-0.2, -0.15) is 0 Å². The van der Waals surface area contributed by atoms with Gasteiger partial charge in [-0.3, -0.25) is 4.79 Å². The molecule has 0 saturated carbocycles. The number of phenolic OH excluding ortho intramolecular Hbond substituents is 1. The van der Waals surface area contributed by atoms with Crippen molar-refractivity contribution >= 4 is 12.3 Å². The van der Waals surface area contributed by atoms with Crippen molar-refractivity contribution in [2.24, 2.45) is 5.92 Å². The molecule has 1 unspecified atom stereocenters. The number of esters is 1. The van der Waals surface area contributed by atoms with Crippen LogP contribution in [-0.4, -0.2) is 38.7 Å². The highest BCUT2D eigenvalue weighted by Crippen LogP contribution is 2.42. The third kappa shape index (κ3) is 4.91. The van der Waals surface area contributed by atoms with Crippen molar-refractivity contribution < 1.29 is 33.6 Å². The Morgan fingerprint density at radius 3 is 2.37 bits per heavy atom. The van der Waals surface area contributed by atoms with Gasteiger partial charge in [0.15, 0.2) is 17.8 Å². The van der Waals surface area contributed by atoms with Gasteiger partial charge < -0.3 is 24.1 Å². The number of carbonyl (C=O) groups is 2. The summed E-state index contributed by atoms with van der Waals surface area (Å²) >= 11 is 0. The zero-order valence-electron chi connectivity index (χ0n) is 18.1. The van der Waals surface area contributed by atoms with Crippen molar-refractivity contribution in [1.82, 2.24) is 0 Å². The summed E-state index contributed by atoms with van der Waals surface area (Å²) in [5.41, 5.74) is 1.56. The molecular formula is C23H28O7. The van der Waals surface area contributed by atoms with E-state index in [2.05, 4.69) is 13.8 Å². The zero-order valence-corrected chi connectivity index (χ0v) is 18.1. The Morgan fingerprint density at radius 2 is 1.83 bits per heavy atom. The zero-order chi connectivity index (χ0) is 22.4. The number of benzene rings is 2. The maximum atomic E-state index is 12.6. The average molecular weight is 416 g/mol. The van der Waals surface area contributed by atoms with E-state index in [4.69, 9.17) is 18.9 Å². The average Bonchev–Trinajstić information content (AvgIpc) is 2.72. The van der Waals surface area contributed by atoms with Gasteiger partial charge in [0, 0.05) is 12.7 Å². The number of ether oxygens (including phenoxy) is 4. The summed E-state index contributed by atoms with van der Waals surface area (Å²) in [5.74, 6) is -0.263. The van der Waals surface area contributed by atoms with Crippen LogP contribution in [0.5, 0.6) is 23.0 Å². The normalized spacial score (nSPS) is 11.8. The van der Waals surface area contributed by atoms with E-state index in [0.717, 1.165) is 0 Å². The molecule has 1 atom stereocenters. The minimum Gasteiger partial charge on any atom is -0.504 e. The summed E-state index contributed by atoms with van der Waals surface area (Å²) in [6, 6.07) is 6.36. The third-order valence-corrected chi connectivity index (χ3v) is 4.64. The number of methoxy groups -OCH3 is 3. The molecule has 2 aromatic carbocycles. The molecule has 0 saturated heterocycles. The molecule has 2 rings (SSSR count). The lowest BCUT2D eigenvalue weighted by molar-refractivity contribution is 0.0590. The summed E-state index contributed by atoms with van der Waals surface area (Å²) < 4.78 is 22.0. The van der Waals surface area contributed by atoms with Crippen LogP contribution in [0.3, 0.4) is 0 Å². The van der Waals surface area contributed by atoms with E-state index in [1.54, 1.807) is 32.2 Å². The topological polar surface area (TPSA) is 91.3 Å². The third-order valence-electron chi connectivity index (χ3n) is 4.64. The fourth-order valence-electron chi connectivity index (χ4n) is 3.30. The van der Waals surface area contributed by atoms with Crippen molar-refractivity contribution in [2.75, 3.05) is 21.3 Å². The first-order chi connectivity index (χ1) is 14.3. The van der Waals surface area contributed by atoms with E-state index in [9.17, 15) is 14.7 Å². The van der Waals surface area contributed by atoms with Crippen molar-refractivity contribution in [3.8, 4) is 23.0 Å². The van der Waals surface area contributed by atoms with Gasteiger partial charge in [-0.25, -0.2) is 4.79 Å². The highest BCUT2D eigenvalue weighted by Gasteiger charge is 2.28. The van der Waals surface area contributed by atoms with Crippen LogP contribution in [0.2, 0.25) is 0 Å². The first-order valence-corrected chi connectivity index (χ1v) is 9.55. The number of hydrogen-bond donors (Lipinski definition) is 1. The molecule has 0 aliphatic heterocycles. The van der Waals surface area contributed by atoms with Crippen LogP contribution in [0, 0.1) is 12.8 Å². The molecule has 0 heterocycles. The Kier molecular flexibility index (Phi) is 7.83. The lowest BCUT2D eigenvalue weighted by Crippen LogP contribution is -2.12. The number of rotatable bonds is 9. The molecule has 0 aliphatic rings. The van der Waals surface area contributed by atoms with Crippen molar-refractivity contribution in [3.63, 3.8) is 0 Å². The maximum absolute atomic E-state index is 12.6. The highest BCUT2D eigenvalue weighted by atomic mass is 16.5. The molecule has 0 spiro atoms. The van der Waals surface area contributed by atoms with Crippen molar-refractivity contribution in [2.45, 2.75) is 33.3 Å². The molecule has 1 N–H and O–H groups in total. The predicted molar refractivity (Wildman–Crippen MR) is 112 cm³/mol. The van der Waals surface area contributed by atoms with Crippen LogP contribution >= 0.6 is 0 Å². The summed E-state index contributed by atoms with van der Waals surface area (Å²) in [6.07, 6.45) is 0.979. The molecule has 0 fully saturated rings. The van der Waals surface area contributed by atoms with Crippen molar-refractivity contribution in [3.05, 3.63) is 46.5 Å². The van der Waals surface area contributed by atoms with Gasteiger partial charge in [0.05, 0.1) is 25.9 Å². The second-order valence-electron chi connectivity index (χ2n) is 7.33. The van der Waals surface area contributed by atoms with Gasteiger partial charge in [-0.05, 0) is 49.1 Å². The molecule has 0 amide bonds. The summed E-state index contributed by atoms with van der Waals surface area (Å²) in [4.78, 5) is 24.1. The summed E-state index contributed by atoms with van der Waals surface area (Å²) in [7, 11) is 4.28. The number of phenols is 1. The van der Waals surface area contributed by atoms with Gasteiger partial charge in [-0.15, -0.1) is 0 Å². The Labute approximate surface area is 176 Å². The summed E-state index contributed by atoms with van der Waals surface area (Å²) in [6.45, 7) is 5.88. The van der Waals surface area contributed by atoms with Crippen LogP contribution in [-0.2, 0) is 9.47 Å². The lowest BCUT2D eigenvalue weighted by Gasteiger charge is -2.23. The van der Waals surface area contributed by atoms with Crippen LogP contribution in [0.1, 0.15) is 58.2 Å². The number of aldehydes is 1. The highest BCUT2D eigenvalue weighted by molar-refractivity contribution is 5.96. The second-order valence-corrected chi connectivity index (χ2v) is 7.33. The number of aromatic hydroxyl groups is 1. The minimum absolute atomic E-state index is 0.0418. The standard InChI is InChI=1S/C23H28O7/c1-13(2)9-19(27-4)16-7-8-18(20(22(16)28-5)23(26)29-6)30-21-15(12-24)10-14(3)11-17(21)25/h7-8,10-13,19,25H,9H2,1-6H3. The minimum atomic E-state index is -0.678. The van der Waals surface area contributed by atoms with E-state index in [1.807, 2.05) is 0 Å². The molecule has 7 heteroatoms. The molecule has 0 aromatic heterocycles. The number of aryl methyl sites for hydroxylation is 1. The Hall–Kier alpha value is -3.06. The van der Waals surface area contributed by atoms with Gasteiger partial charge in [0.1, 0.15) is 17.1 Å². The first kappa shape index (κ1) is 23.2. The number of hydrogen-bond acceptors (Lipinski definition) is 7. The van der Waals surface area contributed by atoms with Crippen LogP contribution < -0.4 is 9.47 Å². The van der Waals surface area contributed by atoms with Crippen LogP contribution in [0.4, 0.5) is 0 Å². The monoisotopic (exact) mass is 416 g/mol. The van der Waals surface area contributed by atoms with E-state index in [-0.39, 0.29) is 40.2 Å². The van der Waals surface area contributed by atoms with Crippen LogP contribution in [0.25, 0.3) is 0 Å². The van der Waals surface area contributed by atoms with Crippen LogP contribution in [0.15, 0.2) is 24.3 Å². The molecule has 30 heavy (non-hydrogen) atoms. The molecule has 0 bridgehead atoms. The fourth-order valence-corrected chi connectivity index (χ4v) is 3.30. The Morgan fingerprint density at radius 1 is 1.13 bits per heavy atom. The molecule has 0 aliphatic carbocycles. The van der Waals surface area contributed by atoms with Gasteiger partial charge in [-0.1, -0.05) is 13.8 Å². The van der Waals surface area contributed by atoms with E-state index in [0.29, 0.717) is 29.8 Å². The Balaban J connectivity index is 2.67. The summed E-state index contributed by atoms with van der Waals surface area (Å²) in [5, 5.41) is 10.3. The van der Waals surface area contributed by atoms with E-state index < -0.39 is 5.97 Å². The second kappa shape index (κ2) is 10.1. The van der Waals surface area contributed by atoms with Gasteiger partial charge in [0.25, 0.3) is 0 Å². The Bertz CT molecular complexity index is 918. The quantitative estimate of drug-likeness (QED) is 0.462.